The summed E-state index contributed by atoms with van der Waals surface area (Å²) in [7, 11) is 0. The van der Waals surface area contributed by atoms with Crippen LogP contribution in [0.4, 0.5) is 4.79 Å². The molecule has 1 N–H and O–H groups in total. The maximum atomic E-state index is 12.7. The van der Waals surface area contributed by atoms with Gasteiger partial charge in [-0.3, -0.25) is 4.79 Å². The lowest BCUT2D eigenvalue weighted by Crippen LogP contribution is -2.47. The number of esters is 1. The van der Waals surface area contributed by atoms with Gasteiger partial charge in [0.1, 0.15) is 17.2 Å². The molecular weight excluding hydrogens is 422 g/mol. The van der Waals surface area contributed by atoms with E-state index in [1.165, 1.54) is 0 Å². The molecule has 1 heterocycles. The summed E-state index contributed by atoms with van der Waals surface area (Å²) in [4.78, 5) is 53.7. The van der Waals surface area contributed by atoms with Gasteiger partial charge in [0.15, 0.2) is 0 Å². The third-order valence-corrected chi connectivity index (χ3v) is 4.72. The van der Waals surface area contributed by atoms with Crippen LogP contribution in [0.2, 0.25) is 0 Å². The molecule has 0 radical (unpaired) electrons. The second-order valence-electron chi connectivity index (χ2n) is 9.94. The Kier molecular flexibility index (Phi) is 10.2. The van der Waals surface area contributed by atoms with Crippen molar-refractivity contribution in [1.82, 2.24) is 10.2 Å². The van der Waals surface area contributed by atoms with E-state index in [-0.39, 0.29) is 31.3 Å². The van der Waals surface area contributed by atoms with Crippen molar-refractivity contribution in [3.8, 4) is 0 Å². The minimum Gasteiger partial charge on any atom is -0.458 e. The van der Waals surface area contributed by atoms with Crippen LogP contribution in [0.1, 0.15) is 73.6 Å². The van der Waals surface area contributed by atoms with Gasteiger partial charge in [-0.25, -0.2) is 9.59 Å². The van der Waals surface area contributed by atoms with E-state index in [0.29, 0.717) is 19.5 Å². The predicted octanol–water partition coefficient (Wildman–Crippen LogP) is 2.84. The first-order valence-corrected chi connectivity index (χ1v) is 10.9. The van der Waals surface area contributed by atoms with Crippen LogP contribution in [0.25, 0.3) is 0 Å². The van der Waals surface area contributed by atoms with Crippen LogP contribution in [-0.4, -0.2) is 64.9 Å². The molecule has 0 unspecified atom stereocenters. The Morgan fingerprint density at radius 3 is 2.12 bits per heavy atom. The molecule has 0 saturated carbocycles. The molecule has 1 rings (SSSR count). The lowest BCUT2D eigenvalue weighted by Gasteiger charge is -2.32. The van der Waals surface area contributed by atoms with Gasteiger partial charge in [0, 0.05) is 19.5 Å². The largest absolute Gasteiger partial charge is 0.458 e. The van der Waals surface area contributed by atoms with Crippen molar-refractivity contribution in [2.75, 3.05) is 19.7 Å². The van der Waals surface area contributed by atoms with Crippen molar-refractivity contribution in [3.63, 3.8) is 0 Å². The molecule has 1 saturated heterocycles. The van der Waals surface area contributed by atoms with E-state index in [1.54, 1.807) is 46.4 Å². The monoisotopic (exact) mass is 459 g/mol. The van der Waals surface area contributed by atoms with Gasteiger partial charge < -0.3 is 24.5 Å². The molecule has 184 valence electrons. The summed E-state index contributed by atoms with van der Waals surface area (Å²) >= 11 is 0. The number of ether oxygens (including phenoxy) is 2. The molecular formula is C21H37N3O8. The lowest BCUT2D eigenvalue weighted by molar-refractivity contribution is -0.758. The lowest BCUT2D eigenvalue weighted by atomic mass is 9.93. The molecule has 11 heteroatoms. The first kappa shape index (κ1) is 27.4. The molecule has 0 aliphatic carbocycles. The van der Waals surface area contributed by atoms with Crippen molar-refractivity contribution in [2.24, 2.45) is 5.92 Å². The van der Waals surface area contributed by atoms with Crippen LogP contribution in [0, 0.1) is 16.0 Å². The number of nitrogens with one attached hydrogen (secondary N) is 1. The van der Waals surface area contributed by atoms with Crippen molar-refractivity contribution < 1.29 is 33.8 Å². The van der Waals surface area contributed by atoms with E-state index >= 15 is 0 Å². The number of amides is 2. The average Bonchev–Trinajstić information content (AvgIpc) is 2.62. The second kappa shape index (κ2) is 11.9. The maximum absolute atomic E-state index is 12.7. The molecule has 0 aromatic carbocycles. The zero-order valence-electron chi connectivity index (χ0n) is 20.0. The van der Waals surface area contributed by atoms with Gasteiger partial charge >= 0.3 is 12.1 Å². The maximum Gasteiger partial charge on any atom is 0.408 e. The fourth-order valence-corrected chi connectivity index (χ4v) is 3.26. The van der Waals surface area contributed by atoms with Crippen LogP contribution in [0.3, 0.4) is 0 Å². The highest BCUT2D eigenvalue weighted by molar-refractivity contribution is 5.83. The number of carbonyl (C=O) groups excluding carboxylic acids is 3. The summed E-state index contributed by atoms with van der Waals surface area (Å²) in [5.41, 5.74) is -1.47. The normalized spacial score (nSPS) is 16.1. The minimum atomic E-state index is -1.01. The number of likely N-dealkylation sites (tertiary alicyclic amines) is 1. The highest BCUT2D eigenvalue weighted by Gasteiger charge is 2.30. The summed E-state index contributed by atoms with van der Waals surface area (Å²) in [6.07, 6.45) is 1.44. The molecule has 0 aromatic rings. The number of carbonyl (C=O) groups is 3. The number of hydrogen-bond acceptors (Lipinski definition) is 8. The fourth-order valence-electron chi connectivity index (χ4n) is 3.26. The molecule has 0 bridgehead atoms. The first-order valence-electron chi connectivity index (χ1n) is 10.9. The van der Waals surface area contributed by atoms with Crippen LogP contribution in [0.15, 0.2) is 0 Å². The Labute approximate surface area is 189 Å². The first-order chi connectivity index (χ1) is 14.7. The van der Waals surface area contributed by atoms with Crippen molar-refractivity contribution >= 4 is 18.0 Å². The van der Waals surface area contributed by atoms with Gasteiger partial charge in [0.05, 0.1) is 6.61 Å². The zero-order valence-corrected chi connectivity index (χ0v) is 20.0. The molecule has 1 aliphatic heterocycles. The fraction of sp³-hybridized carbons (Fsp3) is 0.857. The van der Waals surface area contributed by atoms with E-state index in [4.69, 9.17) is 9.47 Å². The Balaban J connectivity index is 2.58. The Bertz CT molecular complexity index is 661. The van der Waals surface area contributed by atoms with E-state index in [0.717, 1.165) is 12.8 Å². The average molecular weight is 460 g/mol. The van der Waals surface area contributed by atoms with Gasteiger partial charge in [0.2, 0.25) is 5.91 Å². The van der Waals surface area contributed by atoms with Crippen LogP contribution in [0.5, 0.6) is 0 Å². The number of nitrogens with zero attached hydrogens (tertiary/aromatic N) is 2. The topological polar surface area (TPSA) is 137 Å². The second-order valence-corrected chi connectivity index (χ2v) is 9.94. The highest BCUT2D eigenvalue weighted by Crippen LogP contribution is 2.22. The summed E-state index contributed by atoms with van der Waals surface area (Å²) in [6.45, 7) is 11.4. The van der Waals surface area contributed by atoms with E-state index in [2.05, 4.69) is 10.2 Å². The molecule has 0 spiro atoms. The zero-order chi connectivity index (χ0) is 24.5. The molecule has 1 fully saturated rings. The smallest absolute Gasteiger partial charge is 0.408 e. The minimum absolute atomic E-state index is 0.0551. The van der Waals surface area contributed by atoms with Crippen molar-refractivity contribution in [2.45, 2.75) is 90.9 Å². The van der Waals surface area contributed by atoms with Gasteiger partial charge in [-0.05, 0) is 73.1 Å². The number of piperidine rings is 1. The third-order valence-electron chi connectivity index (χ3n) is 4.72. The van der Waals surface area contributed by atoms with Crippen molar-refractivity contribution in [1.29, 1.82) is 0 Å². The van der Waals surface area contributed by atoms with Gasteiger partial charge in [-0.2, -0.15) is 0 Å². The quantitative estimate of drug-likeness (QED) is 0.316. The van der Waals surface area contributed by atoms with E-state index in [1.807, 2.05) is 0 Å². The predicted molar refractivity (Wildman–Crippen MR) is 115 cm³/mol. The summed E-state index contributed by atoms with van der Waals surface area (Å²) in [5, 5.41) is 11.9. The van der Waals surface area contributed by atoms with Gasteiger partial charge in [-0.15, -0.1) is 10.1 Å². The van der Waals surface area contributed by atoms with Crippen LogP contribution in [-0.2, 0) is 23.9 Å². The Morgan fingerprint density at radius 2 is 1.62 bits per heavy atom. The number of alkyl carbamates (subject to hydrolysis) is 1. The molecule has 0 aromatic heterocycles. The summed E-state index contributed by atoms with van der Waals surface area (Å²) < 4.78 is 10.6. The Hall–Kier alpha value is -2.59. The molecule has 1 atom stereocenters. The summed E-state index contributed by atoms with van der Waals surface area (Å²) in [6, 6.07) is -1.01. The SMILES string of the molecule is CC(C)(C)OC(=O)N[C@@H](CCC(=O)N1CCC(CCO[N+](=O)[O-])CC1)C(=O)OC(C)(C)C. The van der Waals surface area contributed by atoms with Crippen molar-refractivity contribution in [3.05, 3.63) is 10.1 Å². The highest BCUT2D eigenvalue weighted by atomic mass is 16.9. The molecule has 32 heavy (non-hydrogen) atoms. The molecule has 1 aliphatic rings. The number of rotatable bonds is 9. The van der Waals surface area contributed by atoms with E-state index in [9.17, 15) is 24.5 Å². The van der Waals surface area contributed by atoms with Crippen LogP contribution >= 0.6 is 0 Å². The molecule has 2 amide bonds. The van der Waals surface area contributed by atoms with E-state index < -0.39 is 34.4 Å². The Morgan fingerprint density at radius 1 is 1.06 bits per heavy atom. The summed E-state index contributed by atoms with van der Waals surface area (Å²) in [5.74, 6) is -0.479. The van der Waals surface area contributed by atoms with Gasteiger partial charge in [0.25, 0.3) is 5.09 Å². The standard InChI is InChI=1S/C21H37N3O8/c1-20(2,3)31-18(26)16(22-19(27)32-21(4,5)6)7-8-17(25)23-12-9-15(10-13-23)11-14-30-24(28)29/h15-16H,7-14H2,1-6H3,(H,22,27)/t16-/m0/s1. The molecule has 11 nitrogen and oxygen atoms in total. The van der Waals surface area contributed by atoms with Crippen LogP contribution < -0.4 is 5.32 Å². The van der Waals surface area contributed by atoms with Gasteiger partial charge in [-0.1, -0.05) is 0 Å². The number of hydrogen-bond donors (Lipinski definition) is 1. The third kappa shape index (κ3) is 11.7.